The van der Waals surface area contributed by atoms with Crippen LogP contribution in [-0.4, -0.2) is 45.8 Å². The average molecular weight is 310 g/mol. The fourth-order valence-corrected chi connectivity index (χ4v) is 4.09. The summed E-state index contributed by atoms with van der Waals surface area (Å²) in [6.07, 6.45) is 2.51. The van der Waals surface area contributed by atoms with Gasteiger partial charge in [-0.05, 0) is 44.1 Å². The van der Waals surface area contributed by atoms with E-state index in [1.165, 1.54) is 5.56 Å². The van der Waals surface area contributed by atoms with Gasteiger partial charge in [-0.2, -0.15) is 0 Å². The molecule has 1 aliphatic carbocycles. The lowest BCUT2D eigenvalue weighted by Gasteiger charge is -2.25. The molecule has 0 spiro atoms. The molecule has 5 nitrogen and oxygen atoms in total. The molecule has 0 aromatic heterocycles. The predicted molar refractivity (Wildman–Crippen MR) is 82.0 cm³/mol. The maximum Gasteiger partial charge on any atom is 0.214 e. The Hall–Kier alpha value is -1.11. The Morgan fingerprint density at radius 2 is 2.14 bits per heavy atom. The molecule has 1 aromatic carbocycles. The van der Waals surface area contributed by atoms with Crippen molar-refractivity contribution < 1.29 is 13.2 Å². The maximum atomic E-state index is 12.0. The molecule has 1 N–H and O–H groups in total. The van der Waals surface area contributed by atoms with Crippen LogP contribution >= 0.6 is 0 Å². The minimum absolute atomic E-state index is 0.0319. The summed E-state index contributed by atoms with van der Waals surface area (Å²) in [5.74, 6) is 0.954. The second-order valence-corrected chi connectivity index (χ2v) is 8.08. The first-order valence-corrected chi connectivity index (χ1v) is 8.92. The van der Waals surface area contributed by atoms with E-state index in [1.807, 2.05) is 31.1 Å². The number of likely N-dealkylation sites (N-methyl/N-ethyl adjacent to an activating group) is 1. The third-order valence-electron chi connectivity index (χ3n) is 4.16. The summed E-state index contributed by atoms with van der Waals surface area (Å²) >= 11 is 0. The summed E-state index contributed by atoms with van der Waals surface area (Å²) in [7, 11) is 0.808. The van der Waals surface area contributed by atoms with E-state index in [0.29, 0.717) is 6.54 Å². The van der Waals surface area contributed by atoms with E-state index >= 15 is 0 Å². The monoisotopic (exact) mass is 310 g/mol. The standard InChI is InChI=1S/C15H22N2O3S/c1-17(2)14(10-16-21(18,19)13-4-5-13)11-3-6-15-12(9-11)7-8-20-15/h3,6,9,13-14,16H,4-5,7-8,10H2,1-2H3. The van der Waals surface area contributed by atoms with E-state index in [-0.39, 0.29) is 11.3 Å². The maximum absolute atomic E-state index is 12.0. The SMILES string of the molecule is CN(C)C(CNS(=O)(=O)C1CC1)c1ccc2c(c1)CCO2. The first kappa shape index (κ1) is 14.8. The van der Waals surface area contributed by atoms with E-state index in [4.69, 9.17) is 4.74 Å². The van der Waals surface area contributed by atoms with Crippen molar-refractivity contribution in [2.24, 2.45) is 0 Å². The highest BCUT2D eigenvalue weighted by Gasteiger charge is 2.36. The van der Waals surface area contributed by atoms with Gasteiger partial charge in [-0.15, -0.1) is 0 Å². The highest BCUT2D eigenvalue weighted by Crippen LogP contribution is 2.30. The second kappa shape index (κ2) is 5.59. The van der Waals surface area contributed by atoms with E-state index in [9.17, 15) is 8.42 Å². The zero-order valence-electron chi connectivity index (χ0n) is 12.5. The van der Waals surface area contributed by atoms with Crippen molar-refractivity contribution in [2.75, 3.05) is 27.2 Å². The number of hydrogen-bond acceptors (Lipinski definition) is 4. The van der Waals surface area contributed by atoms with Gasteiger partial charge >= 0.3 is 0 Å². The summed E-state index contributed by atoms with van der Waals surface area (Å²) in [5.41, 5.74) is 2.34. The van der Waals surface area contributed by atoms with Crippen LogP contribution < -0.4 is 9.46 Å². The van der Waals surface area contributed by atoms with Crippen LogP contribution in [-0.2, 0) is 16.4 Å². The van der Waals surface area contributed by atoms with Gasteiger partial charge in [0.1, 0.15) is 5.75 Å². The minimum Gasteiger partial charge on any atom is -0.493 e. The molecule has 1 aliphatic heterocycles. The van der Waals surface area contributed by atoms with Crippen molar-refractivity contribution in [1.82, 2.24) is 9.62 Å². The fourth-order valence-electron chi connectivity index (χ4n) is 2.70. The lowest BCUT2D eigenvalue weighted by Crippen LogP contribution is -2.36. The number of rotatable bonds is 6. The Labute approximate surface area is 126 Å². The van der Waals surface area contributed by atoms with Crippen molar-refractivity contribution in [3.8, 4) is 5.75 Å². The lowest BCUT2D eigenvalue weighted by molar-refractivity contribution is 0.299. The van der Waals surface area contributed by atoms with E-state index in [2.05, 4.69) is 10.8 Å². The van der Waals surface area contributed by atoms with Crippen LogP contribution in [0.2, 0.25) is 0 Å². The number of sulfonamides is 1. The summed E-state index contributed by atoms with van der Waals surface area (Å²) in [6.45, 7) is 1.14. The second-order valence-electron chi connectivity index (χ2n) is 6.04. The van der Waals surface area contributed by atoms with Crippen molar-refractivity contribution in [3.05, 3.63) is 29.3 Å². The van der Waals surface area contributed by atoms with Crippen molar-refractivity contribution in [3.63, 3.8) is 0 Å². The molecule has 1 heterocycles. The molecule has 0 bridgehead atoms. The molecule has 1 saturated carbocycles. The Balaban J connectivity index is 1.75. The molecule has 2 aliphatic rings. The topological polar surface area (TPSA) is 58.6 Å². The lowest BCUT2D eigenvalue weighted by atomic mass is 10.0. The molecular weight excluding hydrogens is 288 g/mol. The van der Waals surface area contributed by atoms with Crippen LogP contribution in [0.25, 0.3) is 0 Å². The van der Waals surface area contributed by atoms with Crippen LogP contribution in [0.3, 0.4) is 0 Å². The predicted octanol–water partition coefficient (Wildman–Crippen LogP) is 1.31. The molecule has 116 valence electrons. The van der Waals surface area contributed by atoms with Crippen LogP contribution in [0.4, 0.5) is 0 Å². The van der Waals surface area contributed by atoms with Crippen molar-refractivity contribution >= 4 is 10.0 Å². The van der Waals surface area contributed by atoms with Gasteiger partial charge in [0, 0.05) is 19.0 Å². The molecule has 0 amide bonds. The first-order valence-electron chi connectivity index (χ1n) is 7.38. The summed E-state index contributed by atoms with van der Waals surface area (Å²) in [4.78, 5) is 2.05. The third-order valence-corrected chi connectivity index (χ3v) is 6.08. The zero-order chi connectivity index (χ0) is 15.0. The Morgan fingerprint density at radius 1 is 1.38 bits per heavy atom. The van der Waals surface area contributed by atoms with Gasteiger partial charge in [-0.1, -0.05) is 12.1 Å². The molecule has 3 rings (SSSR count). The smallest absolute Gasteiger partial charge is 0.214 e. The van der Waals surface area contributed by atoms with Gasteiger partial charge in [-0.25, -0.2) is 13.1 Å². The van der Waals surface area contributed by atoms with E-state index in [1.54, 1.807) is 0 Å². The van der Waals surface area contributed by atoms with Gasteiger partial charge in [0.15, 0.2) is 0 Å². The zero-order valence-corrected chi connectivity index (χ0v) is 13.3. The molecule has 0 saturated heterocycles. The van der Waals surface area contributed by atoms with Gasteiger partial charge in [0.25, 0.3) is 0 Å². The highest BCUT2D eigenvalue weighted by molar-refractivity contribution is 7.90. The number of benzene rings is 1. The fraction of sp³-hybridized carbons (Fsp3) is 0.600. The number of ether oxygens (including phenoxy) is 1. The quantitative estimate of drug-likeness (QED) is 0.860. The van der Waals surface area contributed by atoms with Gasteiger partial charge in [-0.3, -0.25) is 0 Å². The molecule has 1 fully saturated rings. The van der Waals surface area contributed by atoms with Crippen molar-refractivity contribution in [1.29, 1.82) is 0 Å². The Kier molecular flexibility index (Phi) is 3.94. The van der Waals surface area contributed by atoms with Crippen LogP contribution in [0, 0.1) is 0 Å². The normalized spacial score (nSPS) is 19.4. The van der Waals surface area contributed by atoms with E-state index in [0.717, 1.165) is 37.2 Å². The first-order chi connectivity index (χ1) is 9.97. The summed E-state index contributed by atoms with van der Waals surface area (Å²) in [5, 5.41) is -0.172. The number of nitrogens with zero attached hydrogens (tertiary/aromatic N) is 1. The molecule has 21 heavy (non-hydrogen) atoms. The van der Waals surface area contributed by atoms with Crippen molar-refractivity contribution in [2.45, 2.75) is 30.6 Å². The third kappa shape index (κ3) is 3.22. The average Bonchev–Trinajstić information content (AvgIpc) is 3.18. The van der Waals surface area contributed by atoms with Gasteiger partial charge < -0.3 is 9.64 Å². The summed E-state index contributed by atoms with van der Waals surface area (Å²) in [6, 6.07) is 6.19. The van der Waals surface area contributed by atoms with Crippen LogP contribution in [0.15, 0.2) is 18.2 Å². The molecule has 6 heteroatoms. The molecule has 1 atom stereocenters. The largest absolute Gasteiger partial charge is 0.493 e. The van der Waals surface area contributed by atoms with Gasteiger partial charge in [0.2, 0.25) is 10.0 Å². The number of hydrogen-bond donors (Lipinski definition) is 1. The summed E-state index contributed by atoms with van der Waals surface area (Å²) < 4.78 is 32.3. The molecule has 1 aromatic rings. The van der Waals surface area contributed by atoms with Crippen LogP contribution in [0.1, 0.15) is 30.0 Å². The Bertz CT molecular complexity index is 624. The molecule has 0 radical (unpaired) electrons. The van der Waals surface area contributed by atoms with Gasteiger partial charge in [0.05, 0.1) is 11.9 Å². The number of nitrogens with one attached hydrogen (secondary N) is 1. The molecule has 1 unspecified atom stereocenters. The highest BCUT2D eigenvalue weighted by atomic mass is 32.2. The number of fused-ring (bicyclic) bond motifs is 1. The van der Waals surface area contributed by atoms with E-state index < -0.39 is 10.0 Å². The Morgan fingerprint density at radius 3 is 2.81 bits per heavy atom. The minimum atomic E-state index is -3.14. The van der Waals surface area contributed by atoms with Crippen LogP contribution in [0.5, 0.6) is 5.75 Å². The molecular formula is C15H22N2O3S.